The molecular weight excluding hydrogens is 210 g/mol. The van der Waals surface area contributed by atoms with E-state index in [9.17, 15) is 0 Å². The number of hydrogen-bond donors (Lipinski definition) is 1. The Labute approximate surface area is 101 Å². The molecule has 0 heterocycles. The summed E-state index contributed by atoms with van der Waals surface area (Å²) in [7, 11) is 0. The maximum Gasteiger partial charge on any atom is 0.127 e. The monoisotopic (exact) mass is 225 g/mol. The van der Waals surface area contributed by atoms with Crippen molar-refractivity contribution in [3.63, 3.8) is 0 Å². The van der Waals surface area contributed by atoms with Gasteiger partial charge in [0.15, 0.2) is 0 Å². The highest BCUT2D eigenvalue weighted by Gasteiger charge is 2.04. The summed E-state index contributed by atoms with van der Waals surface area (Å²) in [6, 6.07) is 15.7. The second-order valence-electron chi connectivity index (χ2n) is 3.72. The Balaban J connectivity index is 2.36. The maximum atomic E-state index is 5.68. The van der Waals surface area contributed by atoms with Crippen molar-refractivity contribution in [1.29, 1.82) is 0 Å². The zero-order chi connectivity index (χ0) is 12.1. The summed E-state index contributed by atoms with van der Waals surface area (Å²) in [5.74, 6) is 0.858. The molecule has 86 valence electrons. The van der Waals surface area contributed by atoms with Gasteiger partial charge in [-0.25, -0.2) is 0 Å². The first-order chi connectivity index (χ1) is 8.31. The van der Waals surface area contributed by atoms with E-state index in [4.69, 9.17) is 10.5 Å². The zero-order valence-corrected chi connectivity index (χ0v) is 9.60. The molecule has 2 aromatic rings. The SMILES string of the molecule is C=CCOc1ccccc1-c1ccc(N)cc1. The third-order valence-electron chi connectivity index (χ3n) is 2.47. The van der Waals surface area contributed by atoms with Crippen LogP contribution in [0, 0.1) is 0 Å². The molecular formula is C15H15NO. The van der Waals surface area contributed by atoms with E-state index in [0.29, 0.717) is 6.61 Å². The van der Waals surface area contributed by atoms with Crippen molar-refractivity contribution in [3.05, 3.63) is 61.2 Å². The third-order valence-corrected chi connectivity index (χ3v) is 2.47. The second-order valence-corrected chi connectivity index (χ2v) is 3.72. The molecule has 2 rings (SSSR count). The molecule has 0 aliphatic heterocycles. The van der Waals surface area contributed by atoms with Crippen LogP contribution < -0.4 is 10.5 Å². The molecule has 0 aliphatic carbocycles. The van der Waals surface area contributed by atoms with Crippen molar-refractivity contribution in [2.45, 2.75) is 0 Å². The van der Waals surface area contributed by atoms with E-state index in [1.54, 1.807) is 6.08 Å². The first kappa shape index (κ1) is 11.3. The van der Waals surface area contributed by atoms with Gasteiger partial charge in [-0.1, -0.05) is 43.0 Å². The standard InChI is InChI=1S/C15H15NO/c1-2-11-17-15-6-4-3-5-14(15)12-7-9-13(16)10-8-12/h2-10H,1,11,16H2. The van der Waals surface area contributed by atoms with Crippen LogP contribution in [0.1, 0.15) is 0 Å². The summed E-state index contributed by atoms with van der Waals surface area (Å²) in [6.45, 7) is 4.15. The summed E-state index contributed by atoms with van der Waals surface area (Å²) in [6.07, 6.45) is 1.74. The van der Waals surface area contributed by atoms with Crippen molar-refractivity contribution < 1.29 is 4.74 Å². The van der Waals surface area contributed by atoms with Crippen LogP contribution in [0.2, 0.25) is 0 Å². The minimum Gasteiger partial charge on any atom is -0.489 e. The molecule has 17 heavy (non-hydrogen) atoms. The van der Waals surface area contributed by atoms with Crippen LogP contribution in [0.5, 0.6) is 5.75 Å². The predicted octanol–water partition coefficient (Wildman–Crippen LogP) is 3.50. The Kier molecular flexibility index (Phi) is 3.46. The number of para-hydroxylation sites is 1. The highest BCUT2D eigenvalue weighted by atomic mass is 16.5. The summed E-state index contributed by atoms with van der Waals surface area (Å²) in [5.41, 5.74) is 8.60. The van der Waals surface area contributed by atoms with E-state index in [-0.39, 0.29) is 0 Å². The van der Waals surface area contributed by atoms with Crippen LogP contribution in [0.25, 0.3) is 11.1 Å². The van der Waals surface area contributed by atoms with Crippen molar-refractivity contribution in [1.82, 2.24) is 0 Å². The fraction of sp³-hybridized carbons (Fsp3) is 0.0667. The van der Waals surface area contributed by atoms with Gasteiger partial charge in [0.2, 0.25) is 0 Å². The van der Waals surface area contributed by atoms with Crippen molar-refractivity contribution in [3.8, 4) is 16.9 Å². The van der Waals surface area contributed by atoms with Crippen LogP contribution >= 0.6 is 0 Å². The van der Waals surface area contributed by atoms with Gasteiger partial charge >= 0.3 is 0 Å². The van der Waals surface area contributed by atoms with Gasteiger partial charge in [0, 0.05) is 11.3 Å². The van der Waals surface area contributed by atoms with Gasteiger partial charge < -0.3 is 10.5 Å². The smallest absolute Gasteiger partial charge is 0.127 e. The van der Waals surface area contributed by atoms with Crippen LogP contribution in [-0.2, 0) is 0 Å². The van der Waals surface area contributed by atoms with Crippen LogP contribution in [0.3, 0.4) is 0 Å². The van der Waals surface area contributed by atoms with Gasteiger partial charge in [-0.05, 0) is 23.8 Å². The van der Waals surface area contributed by atoms with E-state index in [0.717, 1.165) is 22.6 Å². The quantitative estimate of drug-likeness (QED) is 0.638. The van der Waals surface area contributed by atoms with Gasteiger partial charge in [0.1, 0.15) is 12.4 Å². The molecule has 0 radical (unpaired) electrons. The number of anilines is 1. The third kappa shape index (κ3) is 2.67. The Morgan fingerprint density at radius 1 is 1.06 bits per heavy atom. The summed E-state index contributed by atoms with van der Waals surface area (Å²) >= 11 is 0. The molecule has 0 saturated heterocycles. The van der Waals surface area contributed by atoms with Gasteiger partial charge in [-0.3, -0.25) is 0 Å². The predicted molar refractivity (Wildman–Crippen MR) is 72.0 cm³/mol. The molecule has 0 amide bonds. The number of nitrogen functional groups attached to an aromatic ring is 1. The fourth-order valence-corrected chi connectivity index (χ4v) is 1.64. The van der Waals surface area contributed by atoms with Gasteiger partial charge in [-0.2, -0.15) is 0 Å². The first-order valence-corrected chi connectivity index (χ1v) is 5.50. The Bertz CT molecular complexity index is 503. The van der Waals surface area contributed by atoms with E-state index in [1.165, 1.54) is 0 Å². The number of nitrogens with two attached hydrogens (primary N) is 1. The average Bonchev–Trinajstić information content (AvgIpc) is 2.38. The molecule has 0 aromatic heterocycles. The lowest BCUT2D eigenvalue weighted by Gasteiger charge is -2.10. The number of hydrogen-bond acceptors (Lipinski definition) is 2. The molecule has 0 atom stereocenters. The topological polar surface area (TPSA) is 35.2 Å². The molecule has 0 unspecified atom stereocenters. The van der Waals surface area contributed by atoms with Crippen molar-refractivity contribution >= 4 is 5.69 Å². The molecule has 0 fully saturated rings. The highest BCUT2D eigenvalue weighted by Crippen LogP contribution is 2.30. The second kappa shape index (κ2) is 5.21. The lowest BCUT2D eigenvalue weighted by Crippen LogP contribution is -1.95. The molecule has 2 heteroatoms. The molecule has 0 aliphatic rings. The van der Waals surface area contributed by atoms with E-state index < -0.39 is 0 Å². The fourth-order valence-electron chi connectivity index (χ4n) is 1.64. The normalized spacial score (nSPS) is 9.88. The Morgan fingerprint density at radius 2 is 1.76 bits per heavy atom. The Hall–Kier alpha value is -2.22. The summed E-state index contributed by atoms with van der Waals surface area (Å²) in [5, 5.41) is 0. The summed E-state index contributed by atoms with van der Waals surface area (Å²) in [4.78, 5) is 0. The van der Waals surface area contributed by atoms with Crippen molar-refractivity contribution in [2.75, 3.05) is 12.3 Å². The van der Waals surface area contributed by atoms with Crippen LogP contribution in [-0.4, -0.2) is 6.61 Å². The lowest BCUT2D eigenvalue weighted by atomic mass is 10.0. The van der Waals surface area contributed by atoms with E-state index >= 15 is 0 Å². The zero-order valence-electron chi connectivity index (χ0n) is 9.60. The minimum atomic E-state index is 0.506. The first-order valence-electron chi connectivity index (χ1n) is 5.50. The molecule has 0 spiro atoms. The Morgan fingerprint density at radius 3 is 2.47 bits per heavy atom. The van der Waals surface area contributed by atoms with Crippen molar-refractivity contribution in [2.24, 2.45) is 0 Å². The summed E-state index contributed by atoms with van der Waals surface area (Å²) < 4.78 is 5.62. The highest BCUT2D eigenvalue weighted by molar-refractivity contribution is 5.71. The van der Waals surface area contributed by atoms with E-state index in [1.807, 2.05) is 48.5 Å². The molecule has 2 aromatic carbocycles. The maximum absolute atomic E-state index is 5.68. The molecule has 0 bridgehead atoms. The minimum absolute atomic E-state index is 0.506. The van der Waals surface area contributed by atoms with Crippen LogP contribution in [0.15, 0.2) is 61.2 Å². The molecule has 0 saturated carbocycles. The lowest BCUT2D eigenvalue weighted by molar-refractivity contribution is 0.365. The van der Waals surface area contributed by atoms with E-state index in [2.05, 4.69) is 6.58 Å². The van der Waals surface area contributed by atoms with Gasteiger partial charge in [0.05, 0.1) is 0 Å². The molecule has 2 N–H and O–H groups in total. The average molecular weight is 225 g/mol. The molecule has 2 nitrogen and oxygen atoms in total. The largest absolute Gasteiger partial charge is 0.489 e. The van der Waals surface area contributed by atoms with Gasteiger partial charge in [0.25, 0.3) is 0 Å². The number of rotatable bonds is 4. The number of benzene rings is 2. The van der Waals surface area contributed by atoms with Crippen LogP contribution in [0.4, 0.5) is 5.69 Å². The number of ether oxygens (including phenoxy) is 1. The van der Waals surface area contributed by atoms with Gasteiger partial charge in [-0.15, -0.1) is 0 Å².